The lowest BCUT2D eigenvalue weighted by atomic mass is 10.5. The van der Waals surface area contributed by atoms with Crippen LogP contribution in [0.2, 0.25) is 0 Å². The lowest BCUT2D eigenvalue weighted by Crippen LogP contribution is -1.92. The minimum Gasteiger partial charge on any atom is -0.187 e. The minimum absolute atomic E-state index is 0.856. The Balaban J connectivity index is 2.19. The molecule has 0 atom stereocenters. The highest BCUT2D eigenvalue weighted by Gasteiger charge is 2.11. The van der Waals surface area contributed by atoms with Gasteiger partial charge >= 0.3 is 0 Å². The molecule has 6 heteroatoms. The van der Waals surface area contributed by atoms with Crippen LogP contribution in [-0.2, 0) is 6.42 Å². The molecule has 0 radical (unpaired) electrons. The molecule has 3 rings (SSSR count). The van der Waals surface area contributed by atoms with Gasteiger partial charge in [-0.25, -0.2) is 0 Å². The summed E-state index contributed by atoms with van der Waals surface area (Å²) >= 11 is 3.27. The predicted octanol–water partition coefficient (Wildman–Crippen LogP) is 2.48. The first-order valence-electron chi connectivity index (χ1n) is 4.63. The minimum atomic E-state index is 0.856. The Morgan fingerprint density at radius 1 is 1.40 bits per heavy atom. The van der Waals surface area contributed by atoms with Crippen LogP contribution in [0, 0.1) is 0 Å². The molecule has 0 aliphatic rings. The summed E-state index contributed by atoms with van der Waals surface area (Å²) in [6, 6.07) is 4.10. The largest absolute Gasteiger partial charge is 0.235 e. The second kappa shape index (κ2) is 3.39. The zero-order valence-corrected chi connectivity index (χ0v) is 9.68. The summed E-state index contributed by atoms with van der Waals surface area (Å²) in [4.78, 5) is 2.06. The number of hydrogen-bond donors (Lipinski definition) is 0. The van der Waals surface area contributed by atoms with Gasteiger partial charge in [0.2, 0.25) is 4.96 Å². The molecule has 4 nitrogen and oxygen atoms in total. The average Bonchev–Trinajstić information content (AvgIpc) is 2.93. The summed E-state index contributed by atoms with van der Waals surface area (Å²) in [6.07, 6.45) is 0.856. The van der Waals surface area contributed by atoms with Gasteiger partial charge in [0.05, 0.1) is 4.88 Å². The van der Waals surface area contributed by atoms with Crippen LogP contribution in [0.15, 0.2) is 17.5 Å². The second-order valence-electron chi connectivity index (χ2n) is 3.05. The summed E-state index contributed by atoms with van der Waals surface area (Å²) in [5, 5.41) is 15.7. The second-order valence-corrected chi connectivity index (χ2v) is 4.95. The highest BCUT2D eigenvalue weighted by Crippen LogP contribution is 2.28. The van der Waals surface area contributed by atoms with Crippen molar-refractivity contribution in [1.29, 1.82) is 0 Å². The summed E-state index contributed by atoms with van der Waals surface area (Å²) in [5.74, 6) is 0.920. The molecule has 0 fully saturated rings. The van der Waals surface area contributed by atoms with Gasteiger partial charge in [0.15, 0.2) is 10.8 Å². The zero-order valence-electron chi connectivity index (χ0n) is 8.04. The predicted molar refractivity (Wildman–Crippen MR) is 61.4 cm³/mol. The lowest BCUT2D eigenvalue weighted by Gasteiger charge is -1.88. The Kier molecular flexibility index (Phi) is 2.03. The topological polar surface area (TPSA) is 43.1 Å². The van der Waals surface area contributed by atoms with Crippen LogP contribution >= 0.6 is 22.7 Å². The molecule has 0 N–H and O–H groups in total. The maximum atomic E-state index is 4.51. The van der Waals surface area contributed by atoms with E-state index in [0.29, 0.717) is 0 Å². The average molecular weight is 236 g/mol. The fourth-order valence-electron chi connectivity index (χ4n) is 1.38. The quantitative estimate of drug-likeness (QED) is 0.686. The number of thiophene rings is 1. The van der Waals surface area contributed by atoms with E-state index in [1.807, 2.05) is 10.6 Å². The molecule has 0 aliphatic heterocycles. The molecule has 0 unspecified atom stereocenters. The molecule has 3 heterocycles. The summed E-state index contributed by atoms with van der Waals surface area (Å²) < 4.78 is 1.83. The molecular formula is C9H8N4S2. The van der Waals surface area contributed by atoms with E-state index in [1.165, 1.54) is 4.88 Å². The van der Waals surface area contributed by atoms with Crippen LogP contribution in [-0.4, -0.2) is 19.8 Å². The van der Waals surface area contributed by atoms with Crippen molar-refractivity contribution in [1.82, 2.24) is 19.8 Å². The van der Waals surface area contributed by atoms with Gasteiger partial charge in [-0.05, 0) is 11.4 Å². The van der Waals surface area contributed by atoms with Gasteiger partial charge in [-0.1, -0.05) is 24.3 Å². The van der Waals surface area contributed by atoms with Crippen LogP contribution in [0.25, 0.3) is 14.8 Å². The van der Waals surface area contributed by atoms with Gasteiger partial charge in [-0.3, -0.25) is 0 Å². The normalized spacial score (nSPS) is 11.3. The van der Waals surface area contributed by atoms with E-state index in [-0.39, 0.29) is 0 Å². The Morgan fingerprint density at radius 2 is 2.33 bits per heavy atom. The SMILES string of the molecule is CCc1nnc2sc(-c3cccs3)nn12. The molecule has 0 aromatic carbocycles. The molecular weight excluding hydrogens is 228 g/mol. The number of fused-ring (bicyclic) bond motifs is 1. The molecule has 0 aliphatic carbocycles. The van der Waals surface area contributed by atoms with E-state index in [1.54, 1.807) is 22.7 Å². The van der Waals surface area contributed by atoms with Crippen molar-refractivity contribution >= 4 is 27.6 Å². The van der Waals surface area contributed by atoms with Gasteiger partial charge in [0, 0.05) is 6.42 Å². The Hall–Kier alpha value is -1.27. The first-order valence-corrected chi connectivity index (χ1v) is 6.33. The molecule has 0 saturated carbocycles. The van der Waals surface area contributed by atoms with Gasteiger partial charge < -0.3 is 0 Å². The van der Waals surface area contributed by atoms with E-state index in [2.05, 4.69) is 33.7 Å². The van der Waals surface area contributed by atoms with E-state index in [0.717, 1.165) is 22.2 Å². The van der Waals surface area contributed by atoms with Gasteiger partial charge in [-0.15, -0.1) is 21.5 Å². The monoisotopic (exact) mass is 236 g/mol. The molecule has 3 aromatic rings. The van der Waals surface area contributed by atoms with E-state index in [9.17, 15) is 0 Å². The Bertz CT molecular complexity index is 578. The van der Waals surface area contributed by atoms with E-state index >= 15 is 0 Å². The number of aryl methyl sites for hydroxylation is 1. The van der Waals surface area contributed by atoms with Crippen molar-refractivity contribution in [2.75, 3.05) is 0 Å². The van der Waals surface area contributed by atoms with Crippen molar-refractivity contribution in [2.24, 2.45) is 0 Å². The molecule has 0 bridgehead atoms. The molecule has 0 amide bonds. The first-order chi connectivity index (χ1) is 7.38. The van der Waals surface area contributed by atoms with Crippen LogP contribution < -0.4 is 0 Å². The summed E-state index contributed by atoms with van der Waals surface area (Å²) in [6.45, 7) is 2.06. The number of nitrogens with zero attached hydrogens (tertiary/aromatic N) is 4. The lowest BCUT2D eigenvalue weighted by molar-refractivity contribution is 0.838. The van der Waals surface area contributed by atoms with Crippen molar-refractivity contribution in [2.45, 2.75) is 13.3 Å². The molecule has 0 spiro atoms. The third kappa shape index (κ3) is 1.37. The Morgan fingerprint density at radius 3 is 3.07 bits per heavy atom. The number of aromatic nitrogens is 4. The Labute approximate surface area is 94.2 Å². The molecule has 0 saturated heterocycles. The van der Waals surface area contributed by atoms with Crippen molar-refractivity contribution in [3.8, 4) is 9.88 Å². The molecule has 3 aromatic heterocycles. The third-order valence-corrected chi connectivity index (χ3v) is 4.04. The standard InChI is InChI=1S/C9H8N4S2/c1-2-7-10-11-9-13(7)12-8(15-9)6-4-3-5-14-6/h3-5H,2H2,1H3. The first kappa shape index (κ1) is 8.99. The van der Waals surface area contributed by atoms with Gasteiger partial charge in [0.25, 0.3) is 0 Å². The third-order valence-electron chi connectivity index (χ3n) is 2.10. The van der Waals surface area contributed by atoms with Crippen molar-refractivity contribution in [3.05, 3.63) is 23.3 Å². The fourth-order valence-corrected chi connectivity index (χ4v) is 3.03. The van der Waals surface area contributed by atoms with Crippen LogP contribution in [0.3, 0.4) is 0 Å². The molecule has 76 valence electrons. The number of hydrogen-bond acceptors (Lipinski definition) is 5. The highest BCUT2D eigenvalue weighted by molar-refractivity contribution is 7.23. The fraction of sp³-hybridized carbons (Fsp3) is 0.222. The van der Waals surface area contributed by atoms with Crippen LogP contribution in [0.4, 0.5) is 0 Å². The maximum Gasteiger partial charge on any atom is 0.235 e. The summed E-state index contributed by atoms with van der Waals surface area (Å²) in [5.41, 5.74) is 0. The van der Waals surface area contributed by atoms with E-state index in [4.69, 9.17) is 0 Å². The van der Waals surface area contributed by atoms with Crippen LogP contribution in [0.5, 0.6) is 0 Å². The van der Waals surface area contributed by atoms with Gasteiger partial charge in [0.1, 0.15) is 0 Å². The van der Waals surface area contributed by atoms with Crippen molar-refractivity contribution < 1.29 is 0 Å². The van der Waals surface area contributed by atoms with Gasteiger partial charge in [-0.2, -0.15) is 9.61 Å². The number of rotatable bonds is 2. The summed E-state index contributed by atoms with van der Waals surface area (Å²) in [7, 11) is 0. The van der Waals surface area contributed by atoms with Crippen LogP contribution in [0.1, 0.15) is 12.7 Å². The maximum absolute atomic E-state index is 4.51. The van der Waals surface area contributed by atoms with Crippen molar-refractivity contribution in [3.63, 3.8) is 0 Å². The highest BCUT2D eigenvalue weighted by atomic mass is 32.1. The smallest absolute Gasteiger partial charge is 0.187 e. The molecule has 15 heavy (non-hydrogen) atoms. The zero-order chi connectivity index (χ0) is 10.3. The van der Waals surface area contributed by atoms with E-state index < -0.39 is 0 Å².